The largest absolute Gasteiger partial charge is 0.508 e. The van der Waals surface area contributed by atoms with Crippen molar-refractivity contribution in [1.82, 2.24) is 15.2 Å². The molecule has 4 rings (SSSR count). The number of nitrogens with zero attached hydrogens (tertiary/aromatic N) is 3. The van der Waals surface area contributed by atoms with Gasteiger partial charge in [-0.3, -0.25) is 0 Å². The summed E-state index contributed by atoms with van der Waals surface area (Å²) in [4.78, 5) is 4.66. The number of anilines is 1. The molecule has 0 bridgehead atoms. The molecule has 1 aliphatic heterocycles. The van der Waals surface area contributed by atoms with Crippen LogP contribution in [0.1, 0.15) is 44.4 Å². The molecule has 1 unspecified atom stereocenters. The summed E-state index contributed by atoms with van der Waals surface area (Å²) < 4.78 is 6.23. The molecular formula is C22H24N4O2S. The highest BCUT2D eigenvalue weighted by Gasteiger charge is 2.25. The van der Waals surface area contributed by atoms with Crippen LogP contribution in [0.25, 0.3) is 11.3 Å². The molecule has 2 aromatic carbocycles. The topological polar surface area (TPSA) is 80.2 Å². The Hall–Kier alpha value is -2.80. The van der Waals surface area contributed by atoms with Crippen molar-refractivity contribution in [2.45, 2.75) is 44.0 Å². The molecule has 0 saturated heterocycles. The minimum Gasteiger partial charge on any atom is -0.508 e. The fourth-order valence-corrected chi connectivity index (χ4v) is 3.98. The fourth-order valence-electron chi connectivity index (χ4n) is 3.20. The van der Waals surface area contributed by atoms with Gasteiger partial charge in [-0.1, -0.05) is 56.1 Å². The van der Waals surface area contributed by atoms with E-state index < -0.39 is 6.23 Å². The van der Waals surface area contributed by atoms with E-state index in [2.05, 4.69) is 27.4 Å². The van der Waals surface area contributed by atoms with E-state index in [0.29, 0.717) is 16.7 Å². The average molecular weight is 409 g/mol. The Kier molecular flexibility index (Phi) is 6.14. The first-order chi connectivity index (χ1) is 14.2. The molecule has 1 aliphatic rings. The Bertz CT molecular complexity index is 965. The first-order valence-corrected chi connectivity index (χ1v) is 10.9. The maximum absolute atomic E-state index is 9.60. The maximum Gasteiger partial charge on any atom is 0.247 e. The third-order valence-electron chi connectivity index (χ3n) is 4.76. The van der Waals surface area contributed by atoms with Gasteiger partial charge < -0.3 is 15.2 Å². The SMILES string of the molecule is CCCCCCSc1nnc2c(n1)OC(c1ccc(O)cc1)Nc1ccccc1-2. The summed E-state index contributed by atoms with van der Waals surface area (Å²) in [6.45, 7) is 2.21. The van der Waals surface area contributed by atoms with E-state index in [-0.39, 0.29) is 5.75 Å². The lowest BCUT2D eigenvalue weighted by Gasteiger charge is -2.19. The number of hydrogen-bond acceptors (Lipinski definition) is 7. The summed E-state index contributed by atoms with van der Waals surface area (Å²) in [5.41, 5.74) is 3.33. The van der Waals surface area contributed by atoms with Gasteiger partial charge in [0.25, 0.3) is 0 Å². The summed E-state index contributed by atoms with van der Waals surface area (Å²) in [5.74, 6) is 1.65. The molecule has 0 saturated carbocycles. The molecule has 2 N–H and O–H groups in total. The van der Waals surface area contributed by atoms with Crippen LogP contribution in [0.4, 0.5) is 5.69 Å². The van der Waals surface area contributed by atoms with Gasteiger partial charge in [0.05, 0.1) is 0 Å². The predicted molar refractivity (Wildman–Crippen MR) is 115 cm³/mol. The Labute approximate surface area is 174 Å². The molecule has 150 valence electrons. The van der Waals surface area contributed by atoms with E-state index in [1.807, 2.05) is 36.4 Å². The van der Waals surface area contributed by atoms with Crippen LogP contribution in [0.3, 0.4) is 0 Å². The molecule has 0 spiro atoms. The average Bonchev–Trinajstić information content (AvgIpc) is 2.90. The van der Waals surface area contributed by atoms with Crippen molar-refractivity contribution in [2.24, 2.45) is 0 Å². The van der Waals surface area contributed by atoms with Crippen molar-refractivity contribution >= 4 is 17.4 Å². The number of nitrogens with one attached hydrogen (secondary N) is 1. The number of phenolic OH excluding ortho intramolecular Hbond substituents is 1. The van der Waals surface area contributed by atoms with Crippen LogP contribution in [0.2, 0.25) is 0 Å². The van der Waals surface area contributed by atoms with Gasteiger partial charge in [-0.15, -0.1) is 10.2 Å². The lowest BCUT2D eigenvalue weighted by Crippen LogP contribution is -2.17. The first kappa shape index (κ1) is 19.5. The van der Waals surface area contributed by atoms with E-state index in [1.165, 1.54) is 19.3 Å². The van der Waals surface area contributed by atoms with Gasteiger partial charge in [-0.05, 0) is 36.8 Å². The number of phenols is 1. The van der Waals surface area contributed by atoms with Gasteiger partial charge in [0, 0.05) is 22.6 Å². The normalized spacial score (nSPS) is 14.9. The number of hydrogen-bond donors (Lipinski definition) is 2. The monoisotopic (exact) mass is 408 g/mol. The zero-order valence-corrected chi connectivity index (χ0v) is 17.2. The molecule has 1 atom stereocenters. The van der Waals surface area contributed by atoms with Crippen LogP contribution in [0, 0.1) is 0 Å². The lowest BCUT2D eigenvalue weighted by molar-refractivity contribution is 0.225. The Morgan fingerprint density at radius 1 is 1.03 bits per heavy atom. The Balaban J connectivity index is 1.62. The van der Waals surface area contributed by atoms with Crippen molar-refractivity contribution in [3.63, 3.8) is 0 Å². The summed E-state index contributed by atoms with van der Waals surface area (Å²) in [5, 5.41) is 22.4. The summed E-state index contributed by atoms with van der Waals surface area (Å²) in [7, 11) is 0. The zero-order valence-electron chi connectivity index (χ0n) is 16.3. The molecule has 7 heteroatoms. The standard InChI is InChI=1S/C22H24N4O2S/c1-2-3-4-7-14-29-22-24-21-19(25-26-22)17-8-5-6-9-18(17)23-20(28-21)15-10-12-16(27)13-11-15/h5-6,8-13,20,23,27H,2-4,7,14H2,1H3. The predicted octanol–water partition coefficient (Wildman–Crippen LogP) is 5.42. The van der Waals surface area contributed by atoms with Crippen molar-refractivity contribution < 1.29 is 9.84 Å². The van der Waals surface area contributed by atoms with Gasteiger partial charge in [-0.2, -0.15) is 4.98 Å². The number of aromatic hydroxyl groups is 1. The molecule has 0 amide bonds. The van der Waals surface area contributed by atoms with Crippen molar-refractivity contribution in [3.05, 3.63) is 54.1 Å². The van der Waals surface area contributed by atoms with Gasteiger partial charge in [0.1, 0.15) is 5.75 Å². The zero-order chi connectivity index (χ0) is 20.1. The highest BCUT2D eigenvalue weighted by Crippen LogP contribution is 2.39. The Morgan fingerprint density at radius 2 is 1.86 bits per heavy atom. The molecule has 0 fully saturated rings. The maximum atomic E-state index is 9.60. The minimum absolute atomic E-state index is 0.217. The highest BCUT2D eigenvalue weighted by atomic mass is 32.2. The van der Waals surface area contributed by atoms with Crippen LogP contribution in [-0.2, 0) is 0 Å². The number of para-hydroxylation sites is 1. The van der Waals surface area contributed by atoms with E-state index in [1.54, 1.807) is 23.9 Å². The molecule has 0 aliphatic carbocycles. The van der Waals surface area contributed by atoms with E-state index in [9.17, 15) is 5.11 Å². The van der Waals surface area contributed by atoms with E-state index >= 15 is 0 Å². The molecule has 1 aromatic heterocycles. The summed E-state index contributed by atoms with van der Waals surface area (Å²) >= 11 is 1.61. The third kappa shape index (κ3) is 4.62. The second-order valence-corrected chi connectivity index (χ2v) is 8.00. The van der Waals surface area contributed by atoms with Gasteiger partial charge in [0.2, 0.25) is 11.0 Å². The second kappa shape index (κ2) is 9.13. The van der Waals surface area contributed by atoms with Crippen LogP contribution in [-0.4, -0.2) is 26.0 Å². The van der Waals surface area contributed by atoms with Gasteiger partial charge in [-0.25, -0.2) is 0 Å². The second-order valence-electron chi connectivity index (χ2n) is 6.94. The van der Waals surface area contributed by atoms with Crippen LogP contribution in [0.15, 0.2) is 53.7 Å². The van der Waals surface area contributed by atoms with Gasteiger partial charge in [0.15, 0.2) is 11.9 Å². The van der Waals surface area contributed by atoms with Crippen molar-refractivity contribution in [2.75, 3.05) is 11.1 Å². The summed E-state index contributed by atoms with van der Waals surface area (Å²) in [6.07, 6.45) is 4.39. The number of fused-ring (bicyclic) bond motifs is 3. The highest BCUT2D eigenvalue weighted by molar-refractivity contribution is 7.99. The molecule has 6 nitrogen and oxygen atoms in total. The molecular weight excluding hydrogens is 384 g/mol. The number of aromatic nitrogens is 3. The molecule has 3 aromatic rings. The van der Waals surface area contributed by atoms with Crippen molar-refractivity contribution in [1.29, 1.82) is 0 Å². The Morgan fingerprint density at radius 3 is 2.69 bits per heavy atom. The van der Waals surface area contributed by atoms with Gasteiger partial charge >= 0.3 is 0 Å². The van der Waals surface area contributed by atoms with Crippen LogP contribution < -0.4 is 10.1 Å². The number of thioether (sulfide) groups is 1. The minimum atomic E-state index is -0.447. The van der Waals surface area contributed by atoms with E-state index in [4.69, 9.17) is 4.74 Å². The van der Waals surface area contributed by atoms with Crippen LogP contribution in [0.5, 0.6) is 11.6 Å². The van der Waals surface area contributed by atoms with Crippen molar-refractivity contribution in [3.8, 4) is 22.9 Å². The number of unbranched alkanes of at least 4 members (excludes halogenated alkanes) is 3. The number of rotatable bonds is 7. The smallest absolute Gasteiger partial charge is 0.247 e. The fraction of sp³-hybridized carbons (Fsp3) is 0.318. The first-order valence-electron chi connectivity index (χ1n) is 9.93. The number of ether oxygens (including phenoxy) is 1. The summed E-state index contributed by atoms with van der Waals surface area (Å²) in [6, 6.07) is 14.9. The molecule has 2 heterocycles. The van der Waals surface area contributed by atoms with E-state index in [0.717, 1.165) is 29.0 Å². The lowest BCUT2D eigenvalue weighted by atomic mass is 10.1. The number of benzene rings is 2. The molecule has 29 heavy (non-hydrogen) atoms. The molecule has 0 radical (unpaired) electrons. The third-order valence-corrected chi connectivity index (χ3v) is 5.68. The quantitative estimate of drug-likeness (QED) is 0.399. The van der Waals surface area contributed by atoms with Crippen LogP contribution >= 0.6 is 11.8 Å².